The fraction of sp³-hybridized carbons (Fsp3) is 0.318. The molecule has 2 aromatic carbocycles. The van der Waals surface area contributed by atoms with Crippen LogP contribution in [0.15, 0.2) is 42.5 Å². The van der Waals surface area contributed by atoms with Crippen LogP contribution in [0.4, 0.5) is 4.39 Å². The molecular weight excluding hydrogens is 411 g/mol. The first kappa shape index (κ1) is 20.1. The lowest BCUT2D eigenvalue weighted by Gasteiger charge is -2.29. The average Bonchev–Trinajstić information content (AvgIpc) is 3.37. The van der Waals surface area contributed by atoms with Gasteiger partial charge < -0.3 is 10.1 Å². The molecule has 0 saturated carbocycles. The van der Waals surface area contributed by atoms with E-state index in [9.17, 15) is 9.18 Å². The van der Waals surface area contributed by atoms with Crippen LogP contribution < -0.4 is 10.1 Å². The van der Waals surface area contributed by atoms with Crippen molar-refractivity contribution in [1.82, 2.24) is 10.2 Å². The Labute approximate surface area is 178 Å². The number of halogens is 2. The Morgan fingerprint density at radius 3 is 2.79 bits per heavy atom. The van der Waals surface area contributed by atoms with Crippen LogP contribution in [0.5, 0.6) is 5.75 Å². The molecule has 1 aliphatic rings. The summed E-state index contributed by atoms with van der Waals surface area (Å²) < 4.78 is 19.7. The van der Waals surface area contributed by atoms with E-state index in [1.54, 1.807) is 13.2 Å². The molecule has 0 aliphatic carbocycles. The summed E-state index contributed by atoms with van der Waals surface area (Å²) in [6, 6.07) is 12.3. The Hall–Kier alpha value is -2.15. The third-order valence-corrected chi connectivity index (χ3v) is 6.99. The number of thiophene rings is 1. The molecule has 1 aliphatic heterocycles. The van der Waals surface area contributed by atoms with Gasteiger partial charge in [0.25, 0.3) is 5.91 Å². The molecular formula is C22H22ClFN2O2S. The molecule has 1 aromatic heterocycles. The van der Waals surface area contributed by atoms with Gasteiger partial charge in [-0.25, -0.2) is 4.39 Å². The van der Waals surface area contributed by atoms with Crippen LogP contribution in [-0.4, -0.2) is 37.6 Å². The molecule has 0 radical (unpaired) electrons. The lowest BCUT2D eigenvalue weighted by molar-refractivity contribution is 0.0941. The fourth-order valence-electron chi connectivity index (χ4n) is 3.89. The van der Waals surface area contributed by atoms with Crippen molar-refractivity contribution >= 4 is 38.9 Å². The molecule has 1 N–H and O–H groups in total. The topological polar surface area (TPSA) is 41.6 Å². The quantitative estimate of drug-likeness (QED) is 0.577. The third kappa shape index (κ3) is 4.10. The number of likely N-dealkylation sites (tertiary alicyclic amines) is 1. The molecule has 4 nitrogen and oxygen atoms in total. The molecule has 1 fully saturated rings. The van der Waals surface area contributed by atoms with Gasteiger partial charge in [0.05, 0.1) is 18.2 Å². The number of hydrogen-bond donors (Lipinski definition) is 1. The van der Waals surface area contributed by atoms with Crippen molar-refractivity contribution in [2.24, 2.45) is 0 Å². The minimum atomic E-state index is -0.340. The highest BCUT2D eigenvalue weighted by atomic mass is 35.5. The monoisotopic (exact) mass is 432 g/mol. The highest BCUT2D eigenvalue weighted by Gasteiger charge is 2.27. The summed E-state index contributed by atoms with van der Waals surface area (Å²) in [5, 5.41) is 4.11. The maximum atomic E-state index is 13.5. The number of carbonyl (C=O) groups is 1. The van der Waals surface area contributed by atoms with E-state index in [2.05, 4.69) is 10.2 Å². The van der Waals surface area contributed by atoms with Crippen molar-refractivity contribution in [3.05, 3.63) is 63.7 Å². The van der Waals surface area contributed by atoms with Crippen molar-refractivity contribution in [3.8, 4) is 5.75 Å². The molecule has 29 heavy (non-hydrogen) atoms. The van der Waals surface area contributed by atoms with Gasteiger partial charge in [0.2, 0.25) is 0 Å². The Morgan fingerprint density at radius 2 is 2.03 bits per heavy atom. The molecule has 7 heteroatoms. The Bertz CT molecular complexity index is 1030. The number of rotatable bonds is 6. The molecule has 1 amide bonds. The van der Waals surface area contributed by atoms with Gasteiger partial charge in [-0.05, 0) is 50.2 Å². The average molecular weight is 433 g/mol. The molecule has 0 bridgehead atoms. The largest absolute Gasteiger partial charge is 0.496 e. The van der Waals surface area contributed by atoms with Crippen LogP contribution in [0.2, 0.25) is 5.02 Å². The number of amides is 1. The first-order valence-electron chi connectivity index (χ1n) is 9.61. The van der Waals surface area contributed by atoms with E-state index in [4.69, 9.17) is 16.3 Å². The smallest absolute Gasteiger partial charge is 0.262 e. The number of fused-ring (bicyclic) bond motifs is 1. The molecule has 0 spiro atoms. The molecule has 3 aromatic rings. The van der Waals surface area contributed by atoms with E-state index in [0.29, 0.717) is 26.5 Å². The van der Waals surface area contributed by atoms with Crippen LogP contribution in [0.25, 0.3) is 10.1 Å². The predicted octanol–water partition coefficient (Wildman–Crippen LogP) is 5.27. The second-order valence-electron chi connectivity index (χ2n) is 7.10. The van der Waals surface area contributed by atoms with Crippen molar-refractivity contribution in [3.63, 3.8) is 0 Å². The number of nitrogens with one attached hydrogen (secondary N) is 1. The van der Waals surface area contributed by atoms with Crippen LogP contribution in [0.3, 0.4) is 0 Å². The van der Waals surface area contributed by atoms with Crippen LogP contribution in [0, 0.1) is 5.82 Å². The van der Waals surface area contributed by atoms with Crippen LogP contribution in [-0.2, 0) is 0 Å². The van der Waals surface area contributed by atoms with Crippen molar-refractivity contribution in [2.75, 3.05) is 26.7 Å². The zero-order valence-electron chi connectivity index (χ0n) is 16.1. The SMILES string of the molecule is COc1ccccc1C(CNC(=O)c1sc2cc(F)ccc2c1Cl)N1CCCC1. The number of carbonyl (C=O) groups excluding carboxylic acids is 1. The number of methoxy groups -OCH3 is 1. The Balaban J connectivity index is 1.57. The summed E-state index contributed by atoms with van der Waals surface area (Å²) in [4.78, 5) is 15.7. The van der Waals surface area contributed by atoms with Gasteiger partial charge in [0.1, 0.15) is 16.4 Å². The van der Waals surface area contributed by atoms with Crippen molar-refractivity contribution in [2.45, 2.75) is 18.9 Å². The van der Waals surface area contributed by atoms with E-state index >= 15 is 0 Å². The van der Waals surface area contributed by atoms with Crippen LogP contribution in [0.1, 0.15) is 34.1 Å². The van der Waals surface area contributed by atoms with Crippen molar-refractivity contribution in [1.29, 1.82) is 0 Å². The predicted molar refractivity (Wildman–Crippen MR) is 116 cm³/mol. The highest BCUT2D eigenvalue weighted by Crippen LogP contribution is 2.36. The summed E-state index contributed by atoms with van der Waals surface area (Å²) in [6.07, 6.45) is 2.29. The summed E-state index contributed by atoms with van der Waals surface area (Å²) in [6.45, 7) is 2.42. The Morgan fingerprint density at radius 1 is 1.28 bits per heavy atom. The summed E-state index contributed by atoms with van der Waals surface area (Å²) >= 11 is 7.62. The number of para-hydroxylation sites is 1. The second kappa shape index (κ2) is 8.69. The number of benzene rings is 2. The first-order chi connectivity index (χ1) is 14.1. The molecule has 1 saturated heterocycles. The summed E-state index contributed by atoms with van der Waals surface area (Å²) in [5.74, 6) is 0.234. The molecule has 2 heterocycles. The molecule has 4 rings (SSSR count). The summed E-state index contributed by atoms with van der Waals surface area (Å²) in [5.41, 5.74) is 1.06. The highest BCUT2D eigenvalue weighted by molar-refractivity contribution is 7.21. The number of hydrogen-bond acceptors (Lipinski definition) is 4. The lowest BCUT2D eigenvalue weighted by Crippen LogP contribution is -2.36. The molecule has 1 unspecified atom stereocenters. The van der Waals surface area contributed by atoms with Crippen LogP contribution >= 0.6 is 22.9 Å². The van der Waals surface area contributed by atoms with E-state index < -0.39 is 0 Å². The van der Waals surface area contributed by atoms with Gasteiger partial charge in [-0.15, -0.1) is 11.3 Å². The third-order valence-electron chi connectivity index (χ3n) is 5.33. The molecule has 1 atom stereocenters. The maximum absolute atomic E-state index is 13.5. The Kier molecular flexibility index (Phi) is 6.04. The minimum Gasteiger partial charge on any atom is -0.496 e. The van der Waals surface area contributed by atoms with E-state index in [1.807, 2.05) is 24.3 Å². The van der Waals surface area contributed by atoms with Gasteiger partial charge in [-0.2, -0.15) is 0 Å². The van der Waals surface area contributed by atoms with Gasteiger partial charge >= 0.3 is 0 Å². The minimum absolute atomic E-state index is 0.0169. The number of nitrogens with zero attached hydrogens (tertiary/aromatic N) is 1. The summed E-state index contributed by atoms with van der Waals surface area (Å²) in [7, 11) is 1.66. The van der Waals surface area contributed by atoms with Gasteiger partial charge in [-0.1, -0.05) is 29.8 Å². The number of ether oxygens (including phenoxy) is 1. The maximum Gasteiger partial charge on any atom is 0.262 e. The first-order valence-corrected chi connectivity index (χ1v) is 10.8. The van der Waals surface area contributed by atoms with Gasteiger partial charge in [0, 0.05) is 22.2 Å². The van der Waals surface area contributed by atoms with Gasteiger partial charge in [0.15, 0.2) is 0 Å². The standard InChI is InChI=1S/C22H22ClFN2O2S/c1-28-18-7-3-2-6-15(18)17(26-10-4-5-11-26)13-25-22(27)21-20(23)16-9-8-14(24)12-19(16)29-21/h2-3,6-9,12,17H,4-5,10-11,13H2,1H3,(H,25,27). The second-order valence-corrected chi connectivity index (χ2v) is 8.53. The fourth-order valence-corrected chi connectivity index (χ4v) is 5.34. The lowest BCUT2D eigenvalue weighted by atomic mass is 10.0. The normalized spacial score (nSPS) is 15.6. The van der Waals surface area contributed by atoms with E-state index in [-0.39, 0.29) is 17.8 Å². The zero-order valence-corrected chi connectivity index (χ0v) is 17.7. The molecule has 152 valence electrons. The van der Waals surface area contributed by atoms with E-state index in [1.165, 1.54) is 23.5 Å². The zero-order chi connectivity index (χ0) is 20.4. The van der Waals surface area contributed by atoms with Gasteiger partial charge in [-0.3, -0.25) is 9.69 Å². The van der Waals surface area contributed by atoms with E-state index in [0.717, 1.165) is 37.2 Å². The van der Waals surface area contributed by atoms with Crippen molar-refractivity contribution < 1.29 is 13.9 Å².